The number of thiazole rings is 1. The number of aromatic nitrogens is 1. The number of ether oxygens (including phenoxy) is 2. The van der Waals surface area contributed by atoms with Crippen molar-refractivity contribution in [1.82, 2.24) is 30.1 Å². The van der Waals surface area contributed by atoms with E-state index in [1.54, 1.807) is 41.1 Å². The van der Waals surface area contributed by atoms with Gasteiger partial charge in [0, 0.05) is 26.6 Å². The van der Waals surface area contributed by atoms with E-state index >= 15 is 0 Å². The maximum atomic E-state index is 14.2. The van der Waals surface area contributed by atoms with Gasteiger partial charge in [0.1, 0.15) is 30.3 Å². The number of urea groups is 1. The molecule has 4 N–H and O–H groups in total. The largest absolute Gasteiger partial charge is 0.497 e. The van der Waals surface area contributed by atoms with Crippen LogP contribution < -0.4 is 20.5 Å². The fourth-order valence-corrected chi connectivity index (χ4v) is 6.85. The van der Waals surface area contributed by atoms with Gasteiger partial charge in [-0.2, -0.15) is 5.01 Å². The monoisotopic (exact) mass is 659 g/mol. The van der Waals surface area contributed by atoms with Gasteiger partial charge in [-0.1, -0.05) is 47.7 Å². The summed E-state index contributed by atoms with van der Waals surface area (Å²) >= 11 is 1.39. The highest BCUT2D eigenvalue weighted by Crippen LogP contribution is 2.32. The molecule has 0 saturated carbocycles. The molecule has 2 aliphatic rings. The number of piperazine rings is 1. The van der Waals surface area contributed by atoms with Gasteiger partial charge < -0.3 is 35.4 Å². The molecule has 0 spiro atoms. The van der Waals surface area contributed by atoms with Crippen molar-refractivity contribution in [1.29, 1.82) is 0 Å². The van der Waals surface area contributed by atoms with Crippen LogP contribution >= 0.6 is 11.3 Å². The van der Waals surface area contributed by atoms with Crippen LogP contribution in [0.2, 0.25) is 0 Å². The van der Waals surface area contributed by atoms with Crippen molar-refractivity contribution >= 4 is 44.5 Å². The minimum Gasteiger partial charge on any atom is -0.497 e. The molecule has 3 heterocycles. The Labute approximate surface area is 276 Å². The van der Waals surface area contributed by atoms with E-state index < -0.39 is 12.2 Å². The Morgan fingerprint density at radius 3 is 2.53 bits per heavy atom. The molecule has 2 aliphatic heterocycles. The number of hydrogen-bond acceptors (Lipinski definition) is 10. The minimum atomic E-state index is -0.800. The molecule has 4 aromatic rings. The molecule has 2 atom stereocenters. The molecule has 0 aliphatic carbocycles. The van der Waals surface area contributed by atoms with Crippen molar-refractivity contribution in [3.8, 4) is 11.5 Å². The van der Waals surface area contributed by atoms with Crippen molar-refractivity contribution in [3.63, 3.8) is 0 Å². The first kappa shape index (κ1) is 32.0. The van der Waals surface area contributed by atoms with Crippen molar-refractivity contribution < 1.29 is 29.0 Å². The normalized spacial score (nSPS) is 18.0. The molecule has 14 heteroatoms. The van der Waals surface area contributed by atoms with E-state index in [-0.39, 0.29) is 63.7 Å². The predicted octanol–water partition coefficient (Wildman–Crippen LogP) is 2.44. The number of aliphatic hydroxyl groups is 1. The molecule has 0 unspecified atom stereocenters. The molecule has 1 aromatic heterocycles. The fraction of sp³-hybridized carbons (Fsp3) is 0.333. The number of rotatable bonds is 11. The number of hydrazine groups is 1. The zero-order valence-electron chi connectivity index (χ0n) is 26.2. The molecule has 2 saturated heterocycles. The summed E-state index contributed by atoms with van der Waals surface area (Å²) in [7, 11) is 3.22. The minimum absolute atomic E-state index is 0.0547. The van der Waals surface area contributed by atoms with Gasteiger partial charge in [0.25, 0.3) is 0 Å². The number of hydrogen-bond donors (Lipinski definition) is 3. The summed E-state index contributed by atoms with van der Waals surface area (Å²) in [5.41, 5.74) is 9.34. The number of benzene rings is 3. The number of carbonyl (C=O) groups is 3. The molecule has 6 rings (SSSR count). The Morgan fingerprint density at radius 2 is 1.81 bits per heavy atom. The molecule has 246 valence electrons. The third-order valence-corrected chi connectivity index (χ3v) is 9.29. The maximum Gasteiger partial charge on any atom is 0.332 e. The van der Waals surface area contributed by atoms with Gasteiger partial charge in [0.2, 0.25) is 11.8 Å². The molecule has 3 aromatic carbocycles. The highest BCUT2D eigenvalue weighted by atomic mass is 32.1. The van der Waals surface area contributed by atoms with Crippen LogP contribution in [-0.2, 0) is 29.1 Å². The number of amides is 4. The van der Waals surface area contributed by atoms with Crippen molar-refractivity contribution in [2.24, 2.45) is 0 Å². The van der Waals surface area contributed by atoms with Gasteiger partial charge in [-0.3, -0.25) is 14.6 Å². The highest BCUT2D eigenvalue weighted by Gasteiger charge is 2.51. The molecular formula is C33H37N7O6S. The zero-order chi connectivity index (χ0) is 33.1. The van der Waals surface area contributed by atoms with Gasteiger partial charge in [-0.25, -0.2) is 9.78 Å². The zero-order valence-corrected chi connectivity index (χ0v) is 27.0. The first-order valence-electron chi connectivity index (χ1n) is 15.2. The Morgan fingerprint density at radius 1 is 1.09 bits per heavy atom. The molecule has 0 radical (unpaired) electrons. The fourth-order valence-electron chi connectivity index (χ4n) is 6.07. The van der Waals surface area contributed by atoms with Gasteiger partial charge in [-0.15, -0.1) is 0 Å². The number of carbonyl (C=O) groups excluding carboxylic acids is 3. The summed E-state index contributed by atoms with van der Waals surface area (Å²) < 4.78 is 11.6. The van der Waals surface area contributed by atoms with Crippen molar-refractivity contribution in [3.05, 3.63) is 83.4 Å². The lowest BCUT2D eigenvalue weighted by Gasteiger charge is -2.45. The molecule has 4 amide bonds. The highest BCUT2D eigenvalue weighted by molar-refractivity contribution is 7.22. The number of para-hydroxylation sites is 1. The lowest BCUT2D eigenvalue weighted by atomic mass is 9.99. The van der Waals surface area contributed by atoms with Gasteiger partial charge in [-0.05, 0) is 47.0 Å². The summed E-state index contributed by atoms with van der Waals surface area (Å²) in [6, 6.07) is 19.3. The molecular weight excluding hydrogens is 622 g/mol. The van der Waals surface area contributed by atoms with Gasteiger partial charge in [0.05, 0.1) is 37.0 Å². The number of nitrogen functional groups attached to an aromatic ring is 1. The summed E-state index contributed by atoms with van der Waals surface area (Å²) in [6.45, 7) is 0.771. The van der Waals surface area contributed by atoms with Gasteiger partial charge >= 0.3 is 6.03 Å². The molecule has 2 fully saturated rings. The van der Waals surface area contributed by atoms with Crippen molar-refractivity contribution in [2.45, 2.75) is 31.7 Å². The second-order valence-corrected chi connectivity index (χ2v) is 12.4. The maximum absolute atomic E-state index is 14.2. The van der Waals surface area contributed by atoms with Crippen LogP contribution in [0.15, 0.2) is 66.7 Å². The van der Waals surface area contributed by atoms with Crippen LogP contribution in [-0.4, -0.2) is 100 Å². The third-order valence-electron chi connectivity index (χ3n) is 8.44. The van der Waals surface area contributed by atoms with Crippen LogP contribution in [0.3, 0.4) is 0 Å². The topological polar surface area (TPSA) is 154 Å². The average molecular weight is 660 g/mol. The molecule has 13 nitrogen and oxygen atoms in total. The van der Waals surface area contributed by atoms with E-state index in [2.05, 4.69) is 10.3 Å². The number of aliphatic hydroxyl groups excluding tert-OH is 1. The SMILES string of the molecule is COc1ccc(CNC(=O)N(C)N2CC(=O)N3[C@@H](Cc4ccc(OCCO)cc4)C(=O)N(Cc4cccc5sc(N)nc45)C[C@@H]32)cc1. The lowest BCUT2D eigenvalue weighted by molar-refractivity contribution is -0.157. The Kier molecular flexibility index (Phi) is 9.43. The van der Waals surface area contributed by atoms with E-state index in [4.69, 9.17) is 20.3 Å². The Hall–Kier alpha value is -4.92. The van der Waals surface area contributed by atoms with E-state index in [0.717, 1.165) is 32.7 Å². The van der Waals surface area contributed by atoms with Crippen LogP contribution in [0, 0.1) is 0 Å². The lowest BCUT2D eigenvalue weighted by Crippen LogP contribution is -2.65. The second-order valence-electron chi connectivity index (χ2n) is 11.4. The first-order valence-corrected chi connectivity index (χ1v) is 16.0. The van der Waals surface area contributed by atoms with Crippen LogP contribution in [0.5, 0.6) is 11.5 Å². The average Bonchev–Trinajstić information content (AvgIpc) is 3.63. The number of anilines is 1. The van der Waals surface area contributed by atoms with Gasteiger partial charge in [0.15, 0.2) is 5.13 Å². The van der Waals surface area contributed by atoms with E-state index in [0.29, 0.717) is 10.9 Å². The molecule has 0 bridgehead atoms. The predicted molar refractivity (Wildman–Crippen MR) is 176 cm³/mol. The standard InChI is InChI=1S/C33H37N7O6S/c1-37(33(44)35-17-22-8-10-24(45-2)11-9-22)39-20-29(42)40-26(16-21-6-12-25(13-7-21)46-15-14-41)31(43)38(19-28(39)40)18-23-4-3-5-27-30(23)36-32(34)47-27/h3-13,26,28,41H,14-20H2,1-2H3,(H2,34,36)(H,35,44)/t26-,28+/m0/s1. The Bertz CT molecular complexity index is 1750. The van der Waals surface area contributed by atoms with E-state index in [9.17, 15) is 14.4 Å². The number of methoxy groups -OCH3 is 1. The first-order chi connectivity index (χ1) is 22.7. The third kappa shape index (κ3) is 6.80. The van der Waals surface area contributed by atoms with Crippen molar-refractivity contribution in [2.75, 3.05) is 46.2 Å². The summed E-state index contributed by atoms with van der Waals surface area (Å²) in [5, 5.41) is 15.6. The molecule has 47 heavy (non-hydrogen) atoms. The van der Waals surface area contributed by atoms with E-state index in [1.165, 1.54) is 16.3 Å². The second kappa shape index (κ2) is 13.8. The summed E-state index contributed by atoms with van der Waals surface area (Å²) in [5.74, 6) is 0.891. The van der Waals surface area contributed by atoms with Crippen LogP contribution in [0.1, 0.15) is 16.7 Å². The number of nitrogens with zero attached hydrogens (tertiary/aromatic N) is 5. The number of nitrogens with two attached hydrogens (primary N) is 1. The summed E-state index contributed by atoms with van der Waals surface area (Å²) in [6.07, 6.45) is -0.304. The van der Waals surface area contributed by atoms with Crippen LogP contribution in [0.4, 0.5) is 9.93 Å². The number of fused-ring (bicyclic) bond motifs is 2. The Balaban J connectivity index is 1.25. The van der Waals surface area contributed by atoms with Crippen LogP contribution in [0.25, 0.3) is 10.2 Å². The smallest absolute Gasteiger partial charge is 0.332 e. The summed E-state index contributed by atoms with van der Waals surface area (Å²) in [4.78, 5) is 49.1. The number of nitrogens with one attached hydrogen (secondary N) is 1. The van der Waals surface area contributed by atoms with E-state index in [1.807, 2.05) is 54.6 Å². The quantitative estimate of drug-likeness (QED) is 0.220.